The van der Waals surface area contributed by atoms with Crippen LogP contribution in [0.25, 0.3) is 0 Å². The van der Waals surface area contributed by atoms with Crippen LogP contribution >= 0.6 is 11.6 Å². The van der Waals surface area contributed by atoms with Crippen LogP contribution in [-0.4, -0.2) is 38.0 Å². The van der Waals surface area contributed by atoms with Crippen LogP contribution in [0, 0.1) is 0 Å². The van der Waals surface area contributed by atoms with E-state index in [2.05, 4.69) is 10.6 Å². The maximum Gasteiger partial charge on any atom is 0.279 e. The molecule has 1 aliphatic rings. The number of quaternary nitrogens is 1. The van der Waals surface area contributed by atoms with E-state index < -0.39 is 0 Å². The maximum absolute atomic E-state index is 11.8. The predicted octanol–water partition coefficient (Wildman–Crippen LogP) is -0.707. The second-order valence-corrected chi connectivity index (χ2v) is 4.70. The quantitative estimate of drug-likeness (QED) is 0.678. The zero-order chi connectivity index (χ0) is 13.0. The molecule has 1 atom stereocenters. The van der Waals surface area contributed by atoms with E-state index >= 15 is 0 Å². The van der Waals surface area contributed by atoms with E-state index in [9.17, 15) is 9.59 Å². The second kappa shape index (κ2) is 5.84. The van der Waals surface area contributed by atoms with Gasteiger partial charge < -0.3 is 15.5 Å². The summed E-state index contributed by atoms with van der Waals surface area (Å²) in [6.07, 6.45) is 0. The lowest BCUT2D eigenvalue weighted by Crippen LogP contribution is -3.16. The summed E-state index contributed by atoms with van der Waals surface area (Å²) in [4.78, 5) is 23.9. The van der Waals surface area contributed by atoms with Gasteiger partial charge in [-0.2, -0.15) is 0 Å². The van der Waals surface area contributed by atoms with Crippen molar-refractivity contribution in [2.24, 2.45) is 0 Å². The minimum Gasteiger partial charge on any atom is -0.346 e. The summed E-state index contributed by atoms with van der Waals surface area (Å²) in [6.45, 7) is 2.06. The molecule has 2 amide bonds. The molecule has 2 rings (SSSR count). The van der Waals surface area contributed by atoms with Crippen molar-refractivity contribution in [2.45, 2.75) is 0 Å². The van der Waals surface area contributed by atoms with E-state index in [-0.39, 0.29) is 11.8 Å². The Kier molecular flexibility index (Phi) is 4.17. The lowest BCUT2D eigenvalue weighted by molar-refractivity contribution is -0.885. The standard InChI is InChI=1S/C12H14ClN3O2/c13-9-1-3-10(4-2-9)15-12(18)8-16-6-5-14-11(17)7-16/h1-4H,5-8H2,(H,14,17)(H,15,18)/p+1. The van der Waals surface area contributed by atoms with Gasteiger partial charge in [-0.1, -0.05) is 11.6 Å². The number of carbonyl (C=O) groups excluding carboxylic acids is 2. The van der Waals surface area contributed by atoms with Gasteiger partial charge >= 0.3 is 0 Å². The molecule has 0 aromatic heterocycles. The molecule has 96 valence electrons. The van der Waals surface area contributed by atoms with E-state index in [4.69, 9.17) is 11.6 Å². The number of hydrogen-bond donors (Lipinski definition) is 3. The summed E-state index contributed by atoms with van der Waals surface area (Å²) in [7, 11) is 0. The molecule has 1 saturated heterocycles. The average Bonchev–Trinajstić information content (AvgIpc) is 2.32. The van der Waals surface area contributed by atoms with Gasteiger partial charge in [-0.25, -0.2) is 0 Å². The van der Waals surface area contributed by atoms with Crippen LogP contribution in [0.5, 0.6) is 0 Å². The fourth-order valence-corrected chi connectivity index (χ4v) is 2.00. The van der Waals surface area contributed by atoms with E-state index in [1.807, 2.05) is 0 Å². The van der Waals surface area contributed by atoms with Crippen molar-refractivity contribution < 1.29 is 14.5 Å². The van der Waals surface area contributed by atoms with Crippen LogP contribution in [0.4, 0.5) is 5.69 Å². The van der Waals surface area contributed by atoms with Crippen molar-refractivity contribution in [2.75, 3.05) is 31.5 Å². The van der Waals surface area contributed by atoms with Crippen molar-refractivity contribution in [3.05, 3.63) is 29.3 Å². The molecule has 1 aromatic rings. The second-order valence-electron chi connectivity index (χ2n) is 4.26. The molecule has 0 bridgehead atoms. The Morgan fingerprint density at radius 2 is 2.11 bits per heavy atom. The number of rotatable bonds is 3. The predicted molar refractivity (Wildman–Crippen MR) is 68.7 cm³/mol. The Bertz CT molecular complexity index is 447. The number of benzene rings is 1. The maximum atomic E-state index is 11.8. The number of amides is 2. The molecule has 5 nitrogen and oxygen atoms in total. The van der Waals surface area contributed by atoms with Crippen molar-refractivity contribution in [3.63, 3.8) is 0 Å². The molecule has 1 aromatic carbocycles. The fraction of sp³-hybridized carbons (Fsp3) is 0.333. The minimum absolute atomic E-state index is 0.00413. The Morgan fingerprint density at radius 3 is 2.78 bits per heavy atom. The molecule has 1 unspecified atom stereocenters. The number of hydrogen-bond acceptors (Lipinski definition) is 2. The summed E-state index contributed by atoms with van der Waals surface area (Å²) < 4.78 is 0. The van der Waals surface area contributed by atoms with E-state index in [1.165, 1.54) is 0 Å². The lowest BCUT2D eigenvalue weighted by atomic mass is 10.3. The Labute approximate surface area is 110 Å². The van der Waals surface area contributed by atoms with Crippen LogP contribution in [0.15, 0.2) is 24.3 Å². The first kappa shape index (κ1) is 12.9. The summed E-state index contributed by atoms with van der Waals surface area (Å²) >= 11 is 5.76. The van der Waals surface area contributed by atoms with Gasteiger partial charge in [-0.3, -0.25) is 9.59 Å². The van der Waals surface area contributed by atoms with Crippen molar-refractivity contribution in [1.82, 2.24) is 5.32 Å². The molecule has 1 fully saturated rings. The first-order valence-corrected chi connectivity index (χ1v) is 6.17. The van der Waals surface area contributed by atoms with E-state index in [1.54, 1.807) is 24.3 Å². The van der Waals surface area contributed by atoms with Crippen molar-refractivity contribution in [1.29, 1.82) is 0 Å². The SMILES string of the molecule is O=C1C[NH+](CC(=O)Nc2ccc(Cl)cc2)CCN1. The largest absolute Gasteiger partial charge is 0.346 e. The topological polar surface area (TPSA) is 62.6 Å². The van der Waals surface area contributed by atoms with Gasteiger partial charge in [-0.15, -0.1) is 0 Å². The highest BCUT2D eigenvalue weighted by molar-refractivity contribution is 6.30. The van der Waals surface area contributed by atoms with Crippen molar-refractivity contribution >= 4 is 29.1 Å². The van der Waals surface area contributed by atoms with Gasteiger partial charge in [0, 0.05) is 10.7 Å². The number of carbonyl (C=O) groups is 2. The van der Waals surface area contributed by atoms with Crippen LogP contribution in [0.3, 0.4) is 0 Å². The summed E-state index contributed by atoms with van der Waals surface area (Å²) in [5.41, 5.74) is 0.713. The van der Waals surface area contributed by atoms with Crippen LogP contribution < -0.4 is 15.5 Å². The number of nitrogens with one attached hydrogen (secondary N) is 3. The smallest absolute Gasteiger partial charge is 0.279 e. The molecular formula is C12H15ClN3O2+. The molecule has 0 spiro atoms. The number of anilines is 1. The highest BCUT2D eigenvalue weighted by atomic mass is 35.5. The average molecular weight is 269 g/mol. The van der Waals surface area contributed by atoms with Gasteiger partial charge in [0.2, 0.25) is 0 Å². The number of piperazine rings is 1. The molecule has 6 heteroatoms. The molecule has 0 radical (unpaired) electrons. The van der Waals surface area contributed by atoms with Gasteiger partial charge in [0.25, 0.3) is 11.8 Å². The Morgan fingerprint density at radius 1 is 1.39 bits per heavy atom. The van der Waals surface area contributed by atoms with E-state index in [0.717, 1.165) is 11.4 Å². The Balaban J connectivity index is 1.84. The summed E-state index contributed by atoms with van der Waals surface area (Å²) in [5.74, 6) is -0.0995. The third-order valence-corrected chi connectivity index (χ3v) is 3.00. The first-order chi connectivity index (χ1) is 8.63. The third-order valence-electron chi connectivity index (χ3n) is 2.75. The minimum atomic E-state index is -0.0953. The van der Waals surface area contributed by atoms with E-state index in [0.29, 0.717) is 30.3 Å². The molecule has 18 heavy (non-hydrogen) atoms. The third kappa shape index (κ3) is 3.72. The normalized spacial score (nSPS) is 19.2. The van der Waals surface area contributed by atoms with Gasteiger partial charge in [0.15, 0.2) is 13.1 Å². The highest BCUT2D eigenvalue weighted by Gasteiger charge is 2.21. The summed E-state index contributed by atoms with van der Waals surface area (Å²) in [5, 5.41) is 6.15. The van der Waals surface area contributed by atoms with Crippen LogP contribution in [0.1, 0.15) is 0 Å². The van der Waals surface area contributed by atoms with Gasteiger partial charge in [-0.05, 0) is 24.3 Å². The summed E-state index contributed by atoms with van der Waals surface area (Å²) in [6, 6.07) is 6.94. The zero-order valence-corrected chi connectivity index (χ0v) is 10.6. The first-order valence-electron chi connectivity index (χ1n) is 5.79. The van der Waals surface area contributed by atoms with Gasteiger partial charge in [0.1, 0.15) is 0 Å². The fourth-order valence-electron chi connectivity index (χ4n) is 1.87. The Hall–Kier alpha value is -1.59. The van der Waals surface area contributed by atoms with Crippen molar-refractivity contribution in [3.8, 4) is 0 Å². The molecular weight excluding hydrogens is 254 g/mol. The monoisotopic (exact) mass is 268 g/mol. The number of halogens is 1. The zero-order valence-electron chi connectivity index (χ0n) is 9.83. The lowest BCUT2D eigenvalue weighted by Gasteiger charge is -2.22. The molecule has 1 heterocycles. The molecule has 1 aliphatic heterocycles. The van der Waals surface area contributed by atoms with Gasteiger partial charge in [0.05, 0.1) is 13.1 Å². The van der Waals surface area contributed by atoms with Crippen LogP contribution in [-0.2, 0) is 9.59 Å². The molecule has 3 N–H and O–H groups in total. The molecule has 0 aliphatic carbocycles. The van der Waals surface area contributed by atoms with Crippen LogP contribution in [0.2, 0.25) is 5.02 Å². The molecule has 0 saturated carbocycles. The highest BCUT2D eigenvalue weighted by Crippen LogP contribution is 2.12.